The van der Waals surface area contributed by atoms with Crippen molar-refractivity contribution in [1.82, 2.24) is 19.5 Å². The van der Waals surface area contributed by atoms with Crippen LogP contribution in [0.15, 0.2) is 12.5 Å². The molecule has 0 saturated carbocycles. The van der Waals surface area contributed by atoms with Crippen molar-refractivity contribution in [2.45, 2.75) is 31.5 Å². The van der Waals surface area contributed by atoms with Gasteiger partial charge in [-0.1, -0.05) is 0 Å². The third-order valence-corrected chi connectivity index (χ3v) is 3.09. The van der Waals surface area contributed by atoms with Crippen LogP contribution in [0, 0.1) is 0 Å². The lowest BCUT2D eigenvalue weighted by Crippen LogP contribution is -2.30. The van der Waals surface area contributed by atoms with Crippen molar-refractivity contribution in [3.05, 3.63) is 12.5 Å². The fraction of sp³-hybridized carbons (Fsp3) is 0.500. The van der Waals surface area contributed by atoms with E-state index >= 15 is 0 Å². The molecule has 8 heteroatoms. The Morgan fingerprint density at radius 3 is 2.78 bits per heavy atom. The Kier molecular flexibility index (Phi) is 2.44. The number of imidazole rings is 1. The molecule has 8 nitrogen and oxygen atoms in total. The van der Waals surface area contributed by atoms with E-state index in [0.717, 1.165) is 0 Å². The van der Waals surface area contributed by atoms with Crippen LogP contribution < -0.4 is 5.73 Å². The molecule has 3 rings (SSSR count). The van der Waals surface area contributed by atoms with E-state index < -0.39 is 24.5 Å². The lowest BCUT2D eigenvalue weighted by molar-refractivity contribution is -0.0299. The zero-order chi connectivity index (χ0) is 12.9. The van der Waals surface area contributed by atoms with E-state index in [1.165, 1.54) is 12.5 Å². The van der Waals surface area contributed by atoms with Gasteiger partial charge in [0.1, 0.15) is 17.7 Å². The minimum atomic E-state index is -1.03. The number of nitrogens with two attached hydrogens (primary N) is 1. The maximum Gasteiger partial charge on any atom is 0.222 e. The number of aliphatic hydroxyl groups excluding tert-OH is 2. The lowest BCUT2D eigenvalue weighted by atomic mass is 10.1. The average molecular weight is 251 g/mol. The first-order chi connectivity index (χ1) is 8.58. The summed E-state index contributed by atoms with van der Waals surface area (Å²) >= 11 is 0. The molecule has 2 aromatic rings. The van der Waals surface area contributed by atoms with Crippen LogP contribution in [0.25, 0.3) is 11.2 Å². The van der Waals surface area contributed by atoms with Gasteiger partial charge in [-0.25, -0.2) is 9.97 Å². The minimum Gasteiger partial charge on any atom is -0.388 e. The van der Waals surface area contributed by atoms with Crippen LogP contribution in [0.3, 0.4) is 0 Å². The molecule has 1 saturated heterocycles. The fourth-order valence-electron chi connectivity index (χ4n) is 2.08. The molecule has 0 aromatic carbocycles. The summed E-state index contributed by atoms with van der Waals surface area (Å²) < 4.78 is 7.05. The Morgan fingerprint density at radius 1 is 1.33 bits per heavy atom. The van der Waals surface area contributed by atoms with Crippen molar-refractivity contribution in [1.29, 1.82) is 0 Å². The highest BCUT2D eigenvalue weighted by Gasteiger charge is 2.41. The van der Waals surface area contributed by atoms with Crippen LogP contribution in [-0.2, 0) is 4.74 Å². The van der Waals surface area contributed by atoms with Gasteiger partial charge in [-0.15, -0.1) is 0 Å². The lowest BCUT2D eigenvalue weighted by Gasteiger charge is -2.16. The maximum atomic E-state index is 9.93. The van der Waals surface area contributed by atoms with Crippen molar-refractivity contribution in [2.75, 3.05) is 5.73 Å². The first-order valence-corrected chi connectivity index (χ1v) is 5.54. The smallest absolute Gasteiger partial charge is 0.222 e. The number of aromatic nitrogens is 4. The normalized spacial score (nSPS) is 32.2. The standard InChI is InChI=1S/C10H13N5O3/c1-4-6(16)7(17)9(18-4)15-3-13-5-2-12-10(11)14-8(5)15/h2-4,6-7,9,16-17H,1H3,(H2,11,12,14)/t4-,6-,7-,9-/m1/s1. The van der Waals surface area contributed by atoms with E-state index in [1.54, 1.807) is 11.5 Å². The number of fused-ring (bicyclic) bond motifs is 1. The van der Waals surface area contributed by atoms with Gasteiger partial charge in [0.15, 0.2) is 11.9 Å². The van der Waals surface area contributed by atoms with E-state index in [0.29, 0.717) is 11.2 Å². The molecule has 96 valence electrons. The van der Waals surface area contributed by atoms with E-state index in [1.807, 2.05) is 0 Å². The van der Waals surface area contributed by atoms with Gasteiger partial charge in [0.25, 0.3) is 0 Å². The Bertz CT molecular complexity index is 586. The SMILES string of the molecule is C[C@H]1O[C@@H](n2cnc3cnc(N)nc32)[C@H](O)[C@@H]1O. The number of aliphatic hydroxyl groups is 2. The van der Waals surface area contributed by atoms with Gasteiger partial charge in [0.2, 0.25) is 5.95 Å². The molecule has 1 fully saturated rings. The second-order valence-corrected chi connectivity index (χ2v) is 4.30. The molecule has 4 atom stereocenters. The minimum absolute atomic E-state index is 0.116. The van der Waals surface area contributed by atoms with Crippen LogP contribution in [0.5, 0.6) is 0 Å². The molecular weight excluding hydrogens is 238 g/mol. The van der Waals surface area contributed by atoms with Crippen molar-refractivity contribution < 1.29 is 14.9 Å². The molecule has 1 aliphatic rings. The summed E-state index contributed by atoms with van der Waals surface area (Å²) in [7, 11) is 0. The first-order valence-electron chi connectivity index (χ1n) is 5.54. The van der Waals surface area contributed by atoms with Crippen molar-refractivity contribution in [2.24, 2.45) is 0 Å². The number of hydrogen-bond acceptors (Lipinski definition) is 7. The third kappa shape index (κ3) is 1.54. The summed E-state index contributed by atoms with van der Waals surface area (Å²) in [5, 5.41) is 19.6. The van der Waals surface area contributed by atoms with Gasteiger partial charge in [-0.3, -0.25) is 4.57 Å². The number of anilines is 1. The predicted molar refractivity (Wildman–Crippen MR) is 61.3 cm³/mol. The van der Waals surface area contributed by atoms with E-state index in [4.69, 9.17) is 10.5 Å². The molecule has 0 bridgehead atoms. The average Bonchev–Trinajstić information content (AvgIpc) is 2.86. The van der Waals surface area contributed by atoms with Crippen LogP contribution in [0.4, 0.5) is 5.95 Å². The van der Waals surface area contributed by atoms with E-state index in [9.17, 15) is 10.2 Å². The second-order valence-electron chi connectivity index (χ2n) is 4.30. The molecule has 3 heterocycles. The summed E-state index contributed by atoms with van der Waals surface area (Å²) in [6.07, 6.45) is -0.177. The number of nitrogen functional groups attached to an aromatic ring is 1. The third-order valence-electron chi connectivity index (χ3n) is 3.09. The molecule has 0 amide bonds. The molecule has 0 unspecified atom stereocenters. The zero-order valence-corrected chi connectivity index (χ0v) is 9.63. The summed E-state index contributed by atoms with van der Waals surface area (Å²) in [6, 6.07) is 0. The van der Waals surface area contributed by atoms with Crippen LogP contribution >= 0.6 is 0 Å². The maximum absolute atomic E-state index is 9.93. The van der Waals surface area contributed by atoms with E-state index in [2.05, 4.69) is 15.0 Å². The van der Waals surface area contributed by atoms with E-state index in [-0.39, 0.29) is 5.95 Å². The number of rotatable bonds is 1. The molecule has 0 spiro atoms. The van der Waals surface area contributed by atoms with Crippen molar-refractivity contribution in [3.63, 3.8) is 0 Å². The van der Waals surface area contributed by atoms with Gasteiger partial charge in [-0.2, -0.15) is 4.98 Å². The predicted octanol–water partition coefficient (Wildman–Crippen LogP) is -0.952. The molecular formula is C10H13N5O3. The van der Waals surface area contributed by atoms with Gasteiger partial charge in [0, 0.05) is 0 Å². The van der Waals surface area contributed by atoms with Gasteiger partial charge in [0.05, 0.1) is 18.6 Å². The molecule has 4 N–H and O–H groups in total. The van der Waals surface area contributed by atoms with Crippen LogP contribution in [0.1, 0.15) is 13.2 Å². The Labute approximate surface area is 102 Å². The highest BCUT2D eigenvalue weighted by Crippen LogP contribution is 2.30. The summed E-state index contributed by atoms with van der Waals surface area (Å²) in [6.45, 7) is 1.69. The highest BCUT2D eigenvalue weighted by molar-refractivity contribution is 5.70. The number of ether oxygens (including phenoxy) is 1. The van der Waals surface area contributed by atoms with Crippen molar-refractivity contribution in [3.8, 4) is 0 Å². The Morgan fingerprint density at radius 2 is 2.11 bits per heavy atom. The molecule has 2 aromatic heterocycles. The van der Waals surface area contributed by atoms with Gasteiger partial charge < -0.3 is 20.7 Å². The largest absolute Gasteiger partial charge is 0.388 e. The quantitative estimate of drug-likeness (QED) is 0.597. The van der Waals surface area contributed by atoms with Gasteiger partial charge in [-0.05, 0) is 6.92 Å². The molecule has 18 heavy (non-hydrogen) atoms. The number of nitrogens with zero attached hydrogens (tertiary/aromatic N) is 4. The topological polar surface area (TPSA) is 119 Å². The monoisotopic (exact) mass is 251 g/mol. The second kappa shape index (κ2) is 3.87. The summed E-state index contributed by atoms with van der Waals surface area (Å²) in [5.41, 5.74) is 6.54. The molecule has 1 aliphatic heterocycles. The van der Waals surface area contributed by atoms with Crippen molar-refractivity contribution >= 4 is 17.1 Å². The first kappa shape index (κ1) is 11.3. The Hall–Kier alpha value is -1.77. The van der Waals surface area contributed by atoms with Crippen LogP contribution in [-0.4, -0.2) is 48.0 Å². The summed E-state index contributed by atoms with van der Waals surface area (Å²) in [4.78, 5) is 12.0. The van der Waals surface area contributed by atoms with Crippen LogP contribution in [0.2, 0.25) is 0 Å². The van der Waals surface area contributed by atoms with Gasteiger partial charge >= 0.3 is 0 Å². The zero-order valence-electron chi connectivity index (χ0n) is 9.63. The molecule has 0 aliphatic carbocycles. The molecule has 0 radical (unpaired) electrons. The highest BCUT2D eigenvalue weighted by atomic mass is 16.6. The Balaban J connectivity index is 2.07. The fourth-order valence-corrected chi connectivity index (χ4v) is 2.08. The number of hydrogen-bond donors (Lipinski definition) is 3. The summed E-state index contributed by atoms with van der Waals surface area (Å²) in [5.74, 6) is 0.116.